The van der Waals surface area contributed by atoms with Gasteiger partial charge in [-0.3, -0.25) is 0 Å². The monoisotopic (exact) mass is 221 g/mol. The molecule has 0 radical (unpaired) electrons. The standard InChI is InChI=1S/C7H16AsNO2/c1-8(10)5-7-6-9(2)3-4-11-7/h7,10H,3-6H2,1-2H3. The second-order valence-corrected chi connectivity index (χ2v) is 6.62. The minimum absolute atomic E-state index is 0.295. The maximum absolute atomic E-state index is 9.24. The van der Waals surface area contributed by atoms with Crippen molar-refractivity contribution in [2.45, 2.75) is 17.0 Å². The molecule has 1 rings (SSSR count). The van der Waals surface area contributed by atoms with Gasteiger partial charge in [0.05, 0.1) is 0 Å². The van der Waals surface area contributed by atoms with Crippen molar-refractivity contribution in [3.05, 3.63) is 0 Å². The van der Waals surface area contributed by atoms with Crippen molar-refractivity contribution in [3.8, 4) is 0 Å². The molecule has 1 N–H and O–H groups in total. The normalized spacial score (nSPS) is 30.3. The van der Waals surface area contributed by atoms with Gasteiger partial charge >= 0.3 is 72.5 Å². The average molecular weight is 221 g/mol. The molecule has 1 saturated heterocycles. The number of hydrogen-bond donors (Lipinski definition) is 1. The zero-order valence-corrected chi connectivity index (χ0v) is 9.03. The van der Waals surface area contributed by atoms with E-state index in [1.54, 1.807) is 0 Å². The Bertz CT molecular complexity index is 119. The van der Waals surface area contributed by atoms with E-state index in [9.17, 15) is 4.10 Å². The van der Waals surface area contributed by atoms with E-state index in [-0.39, 0.29) is 0 Å². The van der Waals surface area contributed by atoms with Crippen LogP contribution in [0.25, 0.3) is 0 Å². The molecule has 2 unspecified atom stereocenters. The summed E-state index contributed by atoms with van der Waals surface area (Å²) in [5.74, 6) is 0. The van der Waals surface area contributed by atoms with Gasteiger partial charge in [0, 0.05) is 0 Å². The molecule has 0 spiro atoms. The van der Waals surface area contributed by atoms with Crippen LogP contribution in [0.5, 0.6) is 0 Å². The molecule has 0 aromatic heterocycles. The molecular formula is C7H16AsNO2. The number of nitrogens with zero attached hydrogens (tertiary/aromatic N) is 1. The number of likely N-dealkylation sites (N-methyl/N-ethyl adjacent to an activating group) is 1. The van der Waals surface area contributed by atoms with Crippen molar-refractivity contribution in [1.29, 1.82) is 0 Å². The van der Waals surface area contributed by atoms with E-state index in [0.29, 0.717) is 6.10 Å². The predicted molar refractivity (Wildman–Crippen MR) is 45.9 cm³/mol. The summed E-state index contributed by atoms with van der Waals surface area (Å²) in [4.78, 5) is 2.26. The molecule has 0 amide bonds. The minimum atomic E-state index is -1.48. The van der Waals surface area contributed by atoms with Crippen LogP contribution in [0.3, 0.4) is 0 Å². The van der Waals surface area contributed by atoms with E-state index in [1.165, 1.54) is 0 Å². The zero-order valence-electron chi connectivity index (χ0n) is 7.16. The van der Waals surface area contributed by atoms with Crippen molar-refractivity contribution in [2.24, 2.45) is 0 Å². The molecule has 4 heteroatoms. The molecule has 0 aromatic rings. The number of morpholine rings is 1. The average Bonchev–Trinajstić information content (AvgIpc) is 1.85. The van der Waals surface area contributed by atoms with Crippen LogP contribution in [-0.4, -0.2) is 56.8 Å². The third-order valence-electron chi connectivity index (χ3n) is 1.81. The van der Waals surface area contributed by atoms with Gasteiger partial charge in [0.25, 0.3) is 0 Å². The molecule has 1 aliphatic heterocycles. The molecule has 2 atom stereocenters. The van der Waals surface area contributed by atoms with Crippen LogP contribution in [0.4, 0.5) is 0 Å². The Morgan fingerprint density at radius 2 is 2.45 bits per heavy atom. The van der Waals surface area contributed by atoms with E-state index in [2.05, 4.69) is 11.9 Å². The van der Waals surface area contributed by atoms with Gasteiger partial charge in [-0.05, 0) is 0 Å². The molecule has 66 valence electrons. The first-order valence-corrected chi connectivity index (χ1v) is 7.93. The fourth-order valence-electron chi connectivity index (χ4n) is 1.27. The number of hydrogen-bond acceptors (Lipinski definition) is 3. The Hall–Kier alpha value is 0.438. The Balaban J connectivity index is 2.23. The number of ether oxygens (including phenoxy) is 1. The van der Waals surface area contributed by atoms with Crippen LogP contribution in [-0.2, 0) is 4.74 Å². The van der Waals surface area contributed by atoms with Gasteiger partial charge in [-0.15, -0.1) is 0 Å². The van der Waals surface area contributed by atoms with E-state index < -0.39 is 15.0 Å². The summed E-state index contributed by atoms with van der Waals surface area (Å²) < 4.78 is 14.7. The van der Waals surface area contributed by atoms with E-state index in [1.807, 2.05) is 5.71 Å². The summed E-state index contributed by atoms with van der Waals surface area (Å²) in [6.45, 7) is 2.84. The van der Waals surface area contributed by atoms with Crippen LogP contribution in [0.2, 0.25) is 10.9 Å². The second-order valence-electron chi connectivity index (χ2n) is 3.10. The molecule has 1 fully saturated rings. The third-order valence-corrected chi connectivity index (χ3v) is 3.77. The second kappa shape index (κ2) is 4.46. The van der Waals surface area contributed by atoms with Gasteiger partial charge in [0.1, 0.15) is 0 Å². The maximum atomic E-state index is 9.24. The van der Waals surface area contributed by atoms with Crippen molar-refractivity contribution in [1.82, 2.24) is 4.90 Å². The van der Waals surface area contributed by atoms with Crippen LogP contribution < -0.4 is 0 Å². The van der Waals surface area contributed by atoms with Gasteiger partial charge in [-0.25, -0.2) is 0 Å². The molecule has 1 aliphatic rings. The Morgan fingerprint density at radius 3 is 3.00 bits per heavy atom. The summed E-state index contributed by atoms with van der Waals surface area (Å²) >= 11 is -1.48. The Morgan fingerprint density at radius 1 is 1.73 bits per heavy atom. The first-order valence-electron chi connectivity index (χ1n) is 3.88. The predicted octanol–water partition coefficient (Wildman–Crippen LogP) is -0.0694. The Kier molecular flexibility index (Phi) is 3.86. The Labute approximate surface area is 72.9 Å². The van der Waals surface area contributed by atoms with E-state index in [4.69, 9.17) is 4.74 Å². The summed E-state index contributed by atoms with van der Waals surface area (Å²) in [6, 6.07) is 0. The van der Waals surface area contributed by atoms with Crippen LogP contribution >= 0.6 is 0 Å². The van der Waals surface area contributed by atoms with E-state index >= 15 is 0 Å². The summed E-state index contributed by atoms with van der Waals surface area (Å²) in [5, 5.41) is 0.900. The molecule has 0 saturated carbocycles. The molecular weight excluding hydrogens is 205 g/mol. The summed E-state index contributed by atoms with van der Waals surface area (Å²) in [6.07, 6.45) is 0.295. The van der Waals surface area contributed by atoms with Crippen molar-refractivity contribution in [3.63, 3.8) is 0 Å². The van der Waals surface area contributed by atoms with Crippen LogP contribution in [0.1, 0.15) is 0 Å². The fourth-order valence-corrected chi connectivity index (χ4v) is 2.97. The van der Waals surface area contributed by atoms with Crippen molar-refractivity contribution >= 4 is 15.0 Å². The molecule has 0 aliphatic carbocycles. The van der Waals surface area contributed by atoms with Crippen LogP contribution in [0.15, 0.2) is 0 Å². The molecule has 11 heavy (non-hydrogen) atoms. The van der Waals surface area contributed by atoms with Crippen molar-refractivity contribution in [2.75, 3.05) is 26.7 Å². The molecule has 0 bridgehead atoms. The fraction of sp³-hybridized carbons (Fsp3) is 1.00. The zero-order chi connectivity index (χ0) is 8.27. The van der Waals surface area contributed by atoms with Gasteiger partial charge in [0.15, 0.2) is 0 Å². The topological polar surface area (TPSA) is 32.7 Å². The molecule has 1 heterocycles. The quantitative estimate of drug-likeness (QED) is 0.662. The van der Waals surface area contributed by atoms with Gasteiger partial charge in [0.2, 0.25) is 0 Å². The molecule has 0 aromatic carbocycles. The molecule has 3 nitrogen and oxygen atoms in total. The third kappa shape index (κ3) is 3.57. The van der Waals surface area contributed by atoms with Crippen LogP contribution in [0, 0.1) is 0 Å². The SMILES string of the molecule is CN1CCOC(C[As](C)O)C1. The first kappa shape index (κ1) is 9.53. The first-order chi connectivity index (χ1) is 5.18. The van der Waals surface area contributed by atoms with E-state index in [0.717, 1.165) is 24.9 Å². The summed E-state index contributed by atoms with van der Waals surface area (Å²) in [5.41, 5.74) is 1.95. The van der Waals surface area contributed by atoms with Gasteiger partial charge in [-0.2, -0.15) is 0 Å². The van der Waals surface area contributed by atoms with Crippen molar-refractivity contribution < 1.29 is 8.83 Å². The van der Waals surface area contributed by atoms with Gasteiger partial charge < -0.3 is 0 Å². The summed E-state index contributed by atoms with van der Waals surface area (Å²) in [7, 11) is 2.10. The number of rotatable bonds is 2. The van der Waals surface area contributed by atoms with Gasteiger partial charge in [-0.1, -0.05) is 0 Å².